The van der Waals surface area contributed by atoms with E-state index in [-0.39, 0.29) is 5.56 Å². The van der Waals surface area contributed by atoms with Gasteiger partial charge in [-0.2, -0.15) is 11.8 Å². The van der Waals surface area contributed by atoms with Gasteiger partial charge in [0.05, 0.1) is 5.56 Å². The molecule has 1 aromatic rings. The number of rotatable bonds is 6. The minimum Gasteiger partial charge on any atom is -0.478 e. The number of carbonyl (C=O) groups is 1. The molecular weight excluding hydrogens is 248 g/mol. The standard InChI is InChI=1S/C13H20N2O2S/c1-9(6-7-18-3)15(2)10-4-5-12(14)11(8-10)13(16)17/h4-5,8-9H,6-7,14H2,1-3H3,(H,16,17). The van der Waals surface area contributed by atoms with E-state index in [0.29, 0.717) is 11.7 Å². The number of nitrogens with zero attached hydrogens (tertiary/aromatic N) is 1. The van der Waals surface area contributed by atoms with E-state index >= 15 is 0 Å². The topological polar surface area (TPSA) is 66.6 Å². The third-order valence-electron chi connectivity index (χ3n) is 3.08. The first-order valence-electron chi connectivity index (χ1n) is 5.82. The van der Waals surface area contributed by atoms with Gasteiger partial charge in [-0.15, -0.1) is 0 Å². The van der Waals surface area contributed by atoms with Crippen LogP contribution in [0.5, 0.6) is 0 Å². The van der Waals surface area contributed by atoms with Gasteiger partial charge < -0.3 is 15.7 Å². The van der Waals surface area contributed by atoms with Crippen LogP contribution >= 0.6 is 11.8 Å². The fraction of sp³-hybridized carbons (Fsp3) is 0.462. The molecule has 0 saturated heterocycles. The zero-order valence-corrected chi connectivity index (χ0v) is 11.8. The molecule has 0 aromatic heterocycles. The van der Waals surface area contributed by atoms with Gasteiger partial charge in [-0.1, -0.05) is 0 Å². The van der Waals surface area contributed by atoms with Crippen molar-refractivity contribution in [3.05, 3.63) is 23.8 Å². The smallest absolute Gasteiger partial charge is 0.337 e. The first-order valence-corrected chi connectivity index (χ1v) is 7.21. The van der Waals surface area contributed by atoms with Crippen molar-refractivity contribution in [2.45, 2.75) is 19.4 Å². The SMILES string of the molecule is CSCCC(C)N(C)c1ccc(N)c(C(=O)O)c1. The van der Waals surface area contributed by atoms with Crippen LogP contribution in [0.2, 0.25) is 0 Å². The van der Waals surface area contributed by atoms with Gasteiger partial charge in [0.25, 0.3) is 0 Å². The van der Waals surface area contributed by atoms with Crippen molar-refractivity contribution in [2.75, 3.05) is 29.7 Å². The van der Waals surface area contributed by atoms with Crippen LogP contribution in [0.3, 0.4) is 0 Å². The fourth-order valence-electron chi connectivity index (χ4n) is 1.69. The highest BCUT2D eigenvalue weighted by molar-refractivity contribution is 7.98. The van der Waals surface area contributed by atoms with Crippen molar-refractivity contribution in [3.8, 4) is 0 Å². The van der Waals surface area contributed by atoms with Crippen molar-refractivity contribution in [1.82, 2.24) is 0 Å². The fourth-order valence-corrected chi connectivity index (χ4v) is 2.26. The highest BCUT2D eigenvalue weighted by Gasteiger charge is 2.14. The third-order valence-corrected chi connectivity index (χ3v) is 3.72. The Labute approximate surface area is 112 Å². The summed E-state index contributed by atoms with van der Waals surface area (Å²) in [5.41, 5.74) is 6.99. The van der Waals surface area contributed by atoms with Crippen molar-refractivity contribution >= 4 is 29.1 Å². The number of carboxylic acids is 1. The van der Waals surface area contributed by atoms with Gasteiger partial charge >= 0.3 is 5.97 Å². The Balaban J connectivity index is 2.89. The molecule has 0 aliphatic carbocycles. The quantitative estimate of drug-likeness (QED) is 0.776. The van der Waals surface area contributed by atoms with Crippen molar-refractivity contribution in [1.29, 1.82) is 0 Å². The lowest BCUT2D eigenvalue weighted by molar-refractivity contribution is 0.0698. The van der Waals surface area contributed by atoms with E-state index in [9.17, 15) is 4.79 Å². The van der Waals surface area contributed by atoms with Gasteiger partial charge in [-0.05, 0) is 43.6 Å². The van der Waals surface area contributed by atoms with E-state index in [1.54, 1.807) is 12.1 Å². The zero-order chi connectivity index (χ0) is 13.7. The molecule has 18 heavy (non-hydrogen) atoms. The average molecular weight is 268 g/mol. The second kappa shape index (κ2) is 6.54. The van der Waals surface area contributed by atoms with Crippen LogP contribution in [-0.4, -0.2) is 36.2 Å². The maximum atomic E-state index is 11.0. The summed E-state index contributed by atoms with van der Waals surface area (Å²) in [4.78, 5) is 13.1. The largest absolute Gasteiger partial charge is 0.478 e. The molecule has 0 aliphatic heterocycles. The number of thioether (sulfide) groups is 1. The van der Waals surface area contributed by atoms with E-state index < -0.39 is 5.97 Å². The summed E-state index contributed by atoms with van der Waals surface area (Å²) in [7, 11) is 1.97. The summed E-state index contributed by atoms with van der Waals surface area (Å²) >= 11 is 1.81. The van der Waals surface area contributed by atoms with Crippen LogP contribution in [0.25, 0.3) is 0 Å². The molecule has 1 atom stereocenters. The molecule has 5 heteroatoms. The highest BCUT2D eigenvalue weighted by Crippen LogP contribution is 2.23. The lowest BCUT2D eigenvalue weighted by Crippen LogP contribution is -2.29. The molecule has 0 heterocycles. The second-order valence-corrected chi connectivity index (χ2v) is 5.30. The first-order chi connectivity index (χ1) is 8.47. The summed E-state index contributed by atoms with van der Waals surface area (Å²) < 4.78 is 0. The van der Waals surface area contributed by atoms with E-state index in [1.807, 2.05) is 24.9 Å². The number of carboxylic acid groups (broad SMARTS) is 1. The normalized spacial score (nSPS) is 12.2. The van der Waals surface area contributed by atoms with E-state index in [4.69, 9.17) is 10.8 Å². The van der Waals surface area contributed by atoms with E-state index in [2.05, 4.69) is 18.1 Å². The molecule has 100 valence electrons. The monoisotopic (exact) mass is 268 g/mol. The van der Waals surface area contributed by atoms with Gasteiger partial charge in [-0.3, -0.25) is 0 Å². The minimum absolute atomic E-state index is 0.163. The molecule has 0 bridgehead atoms. The molecule has 3 N–H and O–H groups in total. The maximum absolute atomic E-state index is 11.0. The van der Waals surface area contributed by atoms with Crippen LogP contribution in [0.4, 0.5) is 11.4 Å². The summed E-state index contributed by atoms with van der Waals surface area (Å²) in [6.45, 7) is 2.13. The Morgan fingerprint density at radius 2 is 2.22 bits per heavy atom. The molecule has 0 amide bonds. The molecule has 0 radical (unpaired) electrons. The Hall–Kier alpha value is -1.36. The first kappa shape index (κ1) is 14.7. The average Bonchev–Trinajstić information content (AvgIpc) is 2.35. The second-order valence-electron chi connectivity index (χ2n) is 4.32. The summed E-state index contributed by atoms with van der Waals surface area (Å²) in [6, 6.07) is 5.50. The molecule has 4 nitrogen and oxygen atoms in total. The maximum Gasteiger partial charge on any atom is 0.337 e. The van der Waals surface area contributed by atoms with E-state index in [0.717, 1.165) is 17.9 Å². The van der Waals surface area contributed by atoms with Crippen molar-refractivity contribution in [2.24, 2.45) is 0 Å². The third kappa shape index (κ3) is 3.57. The van der Waals surface area contributed by atoms with Crippen LogP contribution in [0.1, 0.15) is 23.7 Å². The number of nitrogens with two attached hydrogens (primary N) is 1. The zero-order valence-electron chi connectivity index (χ0n) is 11.0. The Morgan fingerprint density at radius 3 is 2.78 bits per heavy atom. The molecular formula is C13H20N2O2S. The minimum atomic E-state index is -0.987. The number of benzene rings is 1. The van der Waals surface area contributed by atoms with Gasteiger partial charge in [-0.25, -0.2) is 4.79 Å². The van der Waals surface area contributed by atoms with Crippen molar-refractivity contribution in [3.63, 3.8) is 0 Å². The van der Waals surface area contributed by atoms with Crippen LogP contribution in [0.15, 0.2) is 18.2 Å². The Morgan fingerprint density at radius 1 is 1.56 bits per heavy atom. The predicted molar refractivity (Wildman–Crippen MR) is 78.7 cm³/mol. The molecule has 1 aromatic carbocycles. The Kier molecular flexibility index (Phi) is 5.34. The van der Waals surface area contributed by atoms with Crippen molar-refractivity contribution < 1.29 is 9.90 Å². The number of aromatic carboxylic acids is 1. The van der Waals surface area contributed by atoms with E-state index in [1.165, 1.54) is 0 Å². The predicted octanol–water partition coefficient (Wildman–Crippen LogP) is 2.54. The van der Waals surface area contributed by atoms with Gasteiger partial charge in [0, 0.05) is 24.5 Å². The number of nitrogen functional groups attached to an aromatic ring is 1. The highest BCUT2D eigenvalue weighted by atomic mass is 32.2. The number of anilines is 2. The lowest BCUT2D eigenvalue weighted by atomic mass is 10.1. The summed E-state index contributed by atoms with van der Waals surface area (Å²) in [5, 5.41) is 9.05. The molecule has 1 rings (SSSR count). The molecule has 1 unspecified atom stereocenters. The van der Waals surface area contributed by atoms with Gasteiger partial charge in [0.1, 0.15) is 0 Å². The number of hydrogen-bond acceptors (Lipinski definition) is 4. The molecule has 0 fully saturated rings. The van der Waals surface area contributed by atoms with Gasteiger partial charge in [0.2, 0.25) is 0 Å². The lowest BCUT2D eigenvalue weighted by Gasteiger charge is -2.27. The molecule has 0 saturated carbocycles. The summed E-state index contributed by atoms with van der Waals surface area (Å²) in [6.07, 6.45) is 3.14. The summed E-state index contributed by atoms with van der Waals surface area (Å²) in [5.74, 6) is 0.103. The van der Waals surface area contributed by atoms with Gasteiger partial charge in [0.15, 0.2) is 0 Å². The number of hydrogen-bond donors (Lipinski definition) is 2. The molecule has 0 aliphatic rings. The van der Waals surface area contributed by atoms with Crippen LogP contribution in [-0.2, 0) is 0 Å². The van der Waals surface area contributed by atoms with Crippen LogP contribution < -0.4 is 10.6 Å². The van der Waals surface area contributed by atoms with Crippen LogP contribution in [0, 0.1) is 0 Å². The Bertz CT molecular complexity index is 423. The molecule has 0 spiro atoms.